The van der Waals surface area contributed by atoms with E-state index in [4.69, 9.17) is 17.0 Å². The molecule has 0 atom stereocenters. The Hall–Kier alpha value is -3.49. The van der Waals surface area contributed by atoms with E-state index in [2.05, 4.69) is 16.0 Å². The third kappa shape index (κ3) is 7.16. The number of hydrogen-bond donors (Lipinski definition) is 3. The smallest absolute Gasteiger partial charge is 0.262 e. The summed E-state index contributed by atoms with van der Waals surface area (Å²) in [5.74, 6) is 0.00583. The van der Waals surface area contributed by atoms with Crippen LogP contribution >= 0.6 is 23.6 Å². The lowest BCUT2D eigenvalue weighted by Crippen LogP contribution is -2.32. The second-order valence-electron chi connectivity index (χ2n) is 6.02. The summed E-state index contributed by atoms with van der Waals surface area (Å²) in [7, 11) is 0. The van der Waals surface area contributed by atoms with Gasteiger partial charge in [0.15, 0.2) is 11.7 Å². The molecule has 2 aromatic carbocycles. The van der Waals surface area contributed by atoms with Crippen LogP contribution in [0.5, 0.6) is 5.75 Å². The highest BCUT2D eigenvalue weighted by atomic mass is 32.1. The molecule has 2 amide bonds. The molecule has 0 spiro atoms. The number of amides is 2. The van der Waals surface area contributed by atoms with Gasteiger partial charge in [-0.05, 0) is 60.1 Å². The summed E-state index contributed by atoms with van der Waals surface area (Å²) >= 11 is 6.71. The van der Waals surface area contributed by atoms with Crippen LogP contribution in [0.4, 0.5) is 11.4 Å². The first kappa shape index (κ1) is 21.2. The van der Waals surface area contributed by atoms with Gasteiger partial charge in [-0.25, -0.2) is 0 Å². The number of ether oxygens (including phenoxy) is 1. The Bertz CT molecular complexity index is 1030. The quantitative estimate of drug-likeness (QED) is 0.380. The fraction of sp³-hybridized carbons (Fsp3) is 0.0455. The molecule has 1 aromatic heterocycles. The van der Waals surface area contributed by atoms with Crippen molar-refractivity contribution in [3.05, 3.63) is 83.1 Å². The van der Waals surface area contributed by atoms with Gasteiger partial charge in [-0.15, -0.1) is 11.3 Å². The average molecular weight is 438 g/mol. The first-order valence-corrected chi connectivity index (χ1v) is 10.3. The van der Waals surface area contributed by atoms with Gasteiger partial charge in [-0.1, -0.05) is 30.3 Å². The maximum Gasteiger partial charge on any atom is 0.262 e. The van der Waals surface area contributed by atoms with Gasteiger partial charge < -0.3 is 15.4 Å². The van der Waals surface area contributed by atoms with Gasteiger partial charge in [0, 0.05) is 22.3 Å². The van der Waals surface area contributed by atoms with E-state index >= 15 is 0 Å². The fourth-order valence-corrected chi connectivity index (χ4v) is 3.23. The summed E-state index contributed by atoms with van der Waals surface area (Å²) in [4.78, 5) is 25.0. The molecule has 0 fully saturated rings. The highest BCUT2D eigenvalue weighted by Crippen LogP contribution is 2.15. The van der Waals surface area contributed by atoms with Crippen LogP contribution in [-0.2, 0) is 9.59 Å². The Morgan fingerprint density at radius 3 is 2.47 bits per heavy atom. The highest BCUT2D eigenvalue weighted by Gasteiger charge is 2.06. The molecule has 1 heterocycles. The van der Waals surface area contributed by atoms with Crippen LogP contribution in [0.1, 0.15) is 4.88 Å². The topological polar surface area (TPSA) is 79.5 Å². The molecule has 6 nitrogen and oxygen atoms in total. The van der Waals surface area contributed by atoms with E-state index in [1.165, 1.54) is 17.4 Å². The van der Waals surface area contributed by atoms with Crippen molar-refractivity contribution in [2.24, 2.45) is 0 Å². The number of thiophene rings is 1. The summed E-state index contributed by atoms with van der Waals surface area (Å²) in [5, 5.41) is 10.4. The molecule has 152 valence electrons. The van der Waals surface area contributed by atoms with E-state index in [0.29, 0.717) is 17.1 Å². The minimum atomic E-state index is -0.330. The van der Waals surface area contributed by atoms with Crippen molar-refractivity contribution >= 4 is 57.9 Å². The summed E-state index contributed by atoms with van der Waals surface area (Å²) < 4.78 is 5.43. The van der Waals surface area contributed by atoms with Crippen LogP contribution in [-0.4, -0.2) is 23.5 Å². The van der Waals surface area contributed by atoms with Crippen LogP contribution in [0, 0.1) is 0 Å². The number of nitrogens with one attached hydrogen (secondary N) is 3. The summed E-state index contributed by atoms with van der Waals surface area (Å²) in [6.07, 6.45) is 3.14. The number of carbonyl (C=O) groups is 2. The Morgan fingerprint density at radius 1 is 0.967 bits per heavy atom. The van der Waals surface area contributed by atoms with Crippen molar-refractivity contribution < 1.29 is 14.3 Å². The summed E-state index contributed by atoms with van der Waals surface area (Å²) in [6, 6.07) is 19.9. The first-order valence-electron chi connectivity index (χ1n) is 9.00. The van der Waals surface area contributed by atoms with Gasteiger partial charge in [0.1, 0.15) is 5.75 Å². The van der Waals surface area contributed by atoms with Crippen molar-refractivity contribution in [3.63, 3.8) is 0 Å². The lowest BCUT2D eigenvalue weighted by molar-refractivity contribution is -0.118. The number of hydrogen-bond acceptors (Lipinski definition) is 5. The zero-order valence-corrected chi connectivity index (χ0v) is 17.5. The SMILES string of the molecule is O=C(/C=C/c1cccs1)NC(=S)Nc1cccc(NC(=O)COc2ccccc2)c1. The maximum absolute atomic E-state index is 12.1. The van der Waals surface area contributed by atoms with Gasteiger partial charge in [-0.2, -0.15) is 0 Å². The first-order chi connectivity index (χ1) is 14.6. The van der Waals surface area contributed by atoms with Gasteiger partial charge >= 0.3 is 0 Å². The van der Waals surface area contributed by atoms with E-state index in [1.807, 2.05) is 35.7 Å². The van der Waals surface area contributed by atoms with Gasteiger partial charge in [0.25, 0.3) is 5.91 Å². The second-order valence-corrected chi connectivity index (χ2v) is 7.41. The zero-order chi connectivity index (χ0) is 21.2. The Balaban J connectivity index is 1.47. The summed E-state index contributed by atoms with van der Waals surface area (Å²) in [6.45, 7) is -0.104. The van der Waals surface area contributed by atoms with E-state index < -0.39 is 0 Å². The molecule has 0 aliphatic carbocycles. The van der Waals surface area contributed by atoms with Crippen molar-refractivity contribution in [1.82, 2.24) is 5.32 Å². The number of rotatable bonds is 7. The Labute approximate surface area is 183 Å². The largest absolute Gasteiger partial charge is 0.484 e. The van der Waals surface area contributed by atoms with Crippen molar-refractivity contribution in [2.45, 2.75) is 0 Å². The molecule has 0 radical (unpaired) electrons. The second kappa shape index (κ2) is 10.9. The molecular weight excluding hydrogens is 418 g/mol. The van der Waals surface area contributed by atoms with E-state index in [1.54, 1.807) is 42.5 Å². The number of para-hydroxylation sites is 1. The van der Waals surface area contributed by atoms with Crippen LogP contribution in [0.3, 0.4) is 0 Å². The minimum Gasteiger partial charge on any atom is -0.484 e. The lowest BCUT2D eigenvalue weighted by Gasteiger charge is -2.11. The average Bonchev–Trinajstić information content (AvgIpc) is 3.25. The standard InChI is InChI=1S/C22H19N3O3S2/c26-20(12-11-19-10-5-13-30-19)25-22(29)24-17-7-4-6-16(14-17)23-21(27)15-28-18-8-2-1-3-9-18/h1-14H,15H2,(H,23,27)(H2,24,25,26,29)/b12-11+. The monoisotopic (exact) mass is 437 g/mol. The molecular formula is C22H19N3O3S2. The van der Waals surface area contributed by atoms with Crippen LogP contribution in [0.15, 0.2) is 78.2 Å². The van der Waals surface area contributed by atoms with Crippen LogP contribution < -0.4 is 20.7 Å². The molecule has 3 rings (SSSR count). The van der Waals surface area contributed by atoms with Crippen LogP contribution in [0.25, 0.3) is 6.08 Å². The number of benzene rings is 2. The fourth-order valence-electron chi connectivity index (χ4n) is 2.40. The van der Waals surface area contributed by atoms with Crippen molar-refractivity contribution in [1.29, 1.82) is 0 Å². The third-order valence-corrected chi connectivity index (χ3v) is 4.74. The highest BCUT2D eigenvalue weighted by molar-refractivity contribution is 7.80. The van der Waals surface area contributed by atoms with Crippen molar-refractivity contribution in [3.8, 4) is 5.75 Å². The Morgan fingerprint density at radius 2 is 1.73 bits per heavy atom. The normalized spacial score (nSPS) is 10.4. The molecule has 3 aromatic rings. The molecule has 0 aliphatic rings. The predicted molar refractivity (Wildman–Crippen MR) is 125 cm³/mol. The zero-order valence-electron chi connectivity index (χ0n) is 15.8. The molecule has 0 bridgehead atoms. The van der Waals surface area contributed by atoms with Gasteiger partial charge in [0.05, 0.1) is 0 Å². The van der Waals surface area contributed by atoms with E-state index in [-0.39, 0.29) is 23.5 Å². The van der Waals surface area contributed by atoms with E-state index in [0.717, 1.165) is 4.88 Å². The third-order valence-electron chi connectivity index (χ3n) is 3.70. The minimum absolute atomic E-state index is 0.104. The number of thiocarbonyl (C=S) groups is 1. The molecule has 0 saturated heterocycles. The molecule has 30 heavy (non-hydrogen) atoms. The maximum atomic E-state index is 12.1. The van der Waals surface area contributed by atoms with Gasteiger partial charge in [0.2, 0.25) is 5.91 Å². The van der Waals surface area contributed by atoms with Crippen molar-refractivity contribution in [2.75, 3.05) is 17.2 Å². The van der Waals surface area contributed by atoms with Gasteiger partial charge in [-0.3, -0.25) is 14.9 Å². The van der Waals surface area contributed by atoms with E-state index in [9.17, 15) is 9.59 Å². The molecule has 8 heteroatoms. The number of anilines is 2. The predicted octanol–water partition coefficient (Wildman–Crippen LogP) is 4.29. The molecule has 0 saturated carbocycles. The molecule has 0 aliphatic heterocycles. The lowest BCUT2D eigenvalue weighted by atomic mass is 10.2. The number of carbonyl (C=O) groups excluding carboxylic acids is 2. The van der Waals surface area contributed by atoms with Crippen LogP contribution in [0.2, 0.25) is 0 Å². The molecule has 3 N–H and O–H groups in total. The molecule has 0 unspecified atom stereocenters. The Kier molecular flexibility index (Phi) is 7.71. The summed E-state index contributed by atoms with van der Waals surface area (Å²) in [5.41, 5.74) is 1.21.